The Morgan fingerprint density at radius 2 is 1.75 bits per heavy atom. The van der Waals surface area contributed by atoms with Crippen molar-refractivity contribution in [2.45, 2.75) is 6.92 Å². The number of hydrogen-bond donors (Lipinski definition) is 1. The first kappa shape index (κ1) is 19.3. The summed E-state index contributed by atoms with van der Waals surface area (Å²) in [7, 11) is 0. The van der Waals surface area contributed by atoms with Crippen LogP contribution in [0.25, 0.3) is 0 Å². The predicted molar refractivity (Wildman–Crippen MR) is 89.7 cm³/mol. The Labute approximate surface area is 155 Å². The Morgan fingerprint density at radius 3 is 2.46 bits per heavy atom. The molecule has 1 N–H and O–H groups in total. The number of nitrogens with one attached hydrogen (secondary N) is 1. The van der Waals surface area contributed by atoms with Crippen molar-refractivity contribution in [1.82, 2.24) is 4.98 Å². The Morgan fingerprint density at radius 1 is 1.00 bits per heavy atom. The van der Waals surface area contributed by atoms with E-state index in [1.807, 2.05) is 0 Å². The lowest BCUT2D eigenvalue weighted by atomic mass is 10.2. The van der Waals surface area contributed by atoms with Crippen molar-refractivity contribution in [2.75, 3.05) is 5.32 Å². The summed E-state index contributed by atoms with van der Waals surface area (Å²) in [6.07, 6.45) is 1.19. The van der Waals surface area contributed by atoms with Crippen LogP contribution < -0.4 is 10.1 Å². The highest BCUT2D eigenvalue weighted by Crippen LogP contribution is 2.31. The summed E-state index contributed by atoms with van der Waals surface area (Å²) < 4.78 is 73.3. The first-order valence-electron chi connectivity index (χ1n) is 7.81. The molecule has 1 aromatic heterocycles. The van der Waals surface area contributed by atoms with E-state index in [1.165, 1.54) is 18.3 Å². The van der Waals surface area contributed by atoms with Gasteiger partial charge in [-0.25, -0.2) is 26.9 Å². The molecular formula is C19H11F5N2O2. The van der Waals surface area contributed by atoms with Crippen molar-refractivity contribution in [3.63, 3.8) is 0 Å². The van der Waals surface area contributed by atoms with Crippen LogP contribution in [0.1, 0.15) is 15.9 Å². The molecule has 0 aliphatic carbocycles. The van der Waals surface area contributed by atoms with Gasteiger partial charge < -0.3 is 10.1 Å². The van der Waals surface area contributed by atoms with Crippen molar-refractivity contribution in [2.24, 2.45) is 0 Å². The first-order chi connectivity index (χ1) is 13.3. The monoisotopic (exact) mass is 394 g/mol. The fourth-order valence-corrected chi connectivity index (χ4v) is 2.28. The van der Waals surface area contributed by atoms with E-state index in [4.69, 9.17) is 4.74 Å². The van der Waals surface area contributed by atoms with E-state index < -0.39 is 52.2 Å². The van der Waals surface area contributed by atoms with Gasteiger partial charge in [-0.15, -0.1) is 0 Å². The normalized spacial score (nSPS) is 10.6. The fourth-order valence-electron chi connectivity index (χ4n) is 2.28. The van der Waals surface area contributed by atoms with Crippen LogP contribution in [0.4, 0.5) is 27.6 Å². The van der Waals surface area contributed by atoms with Gasteiger partial charge in [-0.2, -0.15) is 0 Å². The second kappa shape index (κ2) is 7.63. The molecule has 0 saturated carbocycles. The van der Waals surface area contributed by atoms with Gasteiger partial charge >= 0.3 is 0 Å². The maximum absolute atomic E-state index is 14.2. The van der Waals surface area contributed by atoms with E-state index in [1.54, 1.807) is 0 Å². The number of anilines is 1. The van der Waals surface area contributed by atoms with Gasteiger partial charge in [0.2, 0.25) is 11.6 Å². The molecule has 144 valence electrons. The van der Waals surface area contributed by atoms with E-state index >= 15 is 0 Å². The second-order valence-corrected chi connectivity index (χ2v) is 5.64. The van der Waals surface area contributed by atoms with Crippen molar-refractivity contribution in [3.8, 4) is 11.6 Å². The van der Waals surface area contributed by atoms with E-state index in [0.29, 0.717) is 12.1 Å². The molecule has 0 spiro atoms. The number of aromatic nitrogens is 1. The molecule has 0 fully saturated rings. The summed E-state index contributed by atoms with van der Waals surface area (Å²) >= 11 is 0. The summed E-state index contributed by atoms with van der Waals surface area (Å²) in [5, 5.41) is 2.18. The first-order valence-corrected chi connectivity index (χ1v) is 7.81. The molecular weight excluding hydrogens is 383 g/mol. The number of benzene rings is 2. The third-order valence-electron chi connectivity index (χ3n) is 3.75. The molecule has 28 heavy (non-hydrogen) atoms. The molecule has 0 aliphatic rings. The topological polar surface area (TPSA) is 51.2 Å². The van der Waals surface area contributed by atoms with E-state index in [-0.39, 0.29) is 11.3 Å². The van der Waals surface area contributed by atoms with Gasteiger partial charge in [-0.05, 0) is 31.2 Å². The Hall–Kier alpha value is -3.49. The molecule has 0 atom stereocenters. The van der Waals surface area contributed by atoms with Gasteiger partial charge in [-0.3, -0.25) is 4.79 Å². The van der Waals surface area contributed by atoms with Gasteiger partial charge in [-0.1, -0.05) is 0 Å². The molecule has 1 heterocycles. The number of nitrogens with zero attached hydrogens (tertiary/aromatic N) is 1. The molecule has 0 bridgehead atoms. The number of ether oxygens (including phenoxy) is 1. The molecule has 2 aromatic carbocycles. The highest BCUT2D eigenvalue weighted by Gasteiger charge is 2.22. The highest BCUT2D eigenvalue weighted by atomic mass is 19.2. The van der Waals surface area contributed by atoms with Gasteiger partial charge in [0.05, 0.1) is 5.69 Å². The van der Waals surface area contributed by atoms with Crippen LogP contribution in [-0.2, 0) is 0 Å². The van der Waals surface area contributed by atoms with Crippen LogP contribution in [0.5, 0.6) is 11.6 Å². The Bertz CT molecular complexity index is 1070. The van der Waals surface area contributed by atoms with Crippen molar-refractivity contribution >= 4 is 11.6 Å². The summed E-state index contributed by atoms with van der Waals surface area (Å²) in [5.41, 5.74) is -1.09. The predicted octanol–water partition coefficient (Wildman–Crippen LogP) is 5.13. The van der Waals surface area contributed by atoms with Crippen LogP contribution in [-0.4, -0.2) is 10.9 Å². The average molecular weight is 394 g/mol. The maximum Gasteiger partial charge on any atom is 0.261 e. The van der Waals surface area contributed by atoms with E-state index in [9.17, 15) is 26.7 Å². The average Bonchev–Trinajstić information content (AvgIpc) is 2.66. The summed E-state index contributed by atoms with van der Waals surface area (Å²) in [5.74, 6) is -7.95. The minimum atomic E-state index is -1.33. The molecule has 0 saturated heterocycles. The van der Waals surface area contributed by atoms with Gasteiger partial charge in [0.25, 0.3) is 5.91 Å². The largest absolute Gasteiger partial charge is 0.432 e. The number of halogens is 5. The third kappa shape index (κ3) is 3.78. The van der Waals surface area contributed by atoms with Crippen molar-refractivity contribution in [1.29, 1.82) is 0 Å². The number of pyridine rings is 1. The fraction of sp³-hybridized carbons (Fsp3) is 0.0526. The van der Waals surface area contributed by atoms with E-state index in [0.717, 1.165) is 19.1 Å². The van der Waals surface area contributed by atoms with Crippen LogP contribution >= 0.6 is 0 Å². The summed E-state index contributed by atoms with van der Waals surface area (Å²) in [6, 6.07) is 5.50. The lowest BCUT2D eigenvalue weighted by Gasteiger charge is -2.13. The van der Waals surface area contributed by atoms with Crippen molar-refractivity contribution < 1.29 is 31.5 Å². The molecule has 3 aromatic rings. The minimum absolute atomic E-state index is 0.285. The van der Waals surface area contributed by atoms with E-state index in [2.05, 4.69) is 10.3 Å². The standard InChI is InChI=1S/C19H11F5N2O2/c1-9-12(21)8-14(23)17(16(9)24)28-19-11(3-2-6-25-19)18(27)26-15-5-4-10(20)7-13(15)22/h2-8H,1H3,(H,26,27). The number of amides is 1. The molecule has 0 aliphatic heterocycles. The van der Waals surface area contributed by atoms with Crippen molar-refractivity contribution in [3.05, 3.63) is 82.8 Å². The van der Waals surface area contributed by atoms with Crippen LogP contribution in [0.2, 0.25) is 0 Å². The quantitative estimate of drug-likeness (QED) is 0.624. The Kier molecular flexibility index (Phi) is 5.25. The molecule has 3 rings (SSSR count). The molecule has 4 nitrogen and oxygen atoms in total. The number of carbonyl (C=O) groups excluding carboxylic acids is 1. The highest BCUT2D eigenvalue weighted by molar-refractivity contribution is 6.05. The zero-order valence-electron chi connectivity index (χ0n) is 14.2. The van der Waals surface area contributed by atoms with Crippen LogP contribution in [0.15, 0.2) is 42.6 Å². The van der Waals surface area contributed by atoms with Gasteiger partial charge in [0, 0.05) is 23.9 Å². The van der Waals surface area contributed by atoms with Crippen LogP contribution in [0, 0.1) is 36.0 Å². The number of hydrogen-bond acceptors (Lipinski definition) is 3. The molecule has 0 radical (unpaired) electrons. The zero-order chi connectivity index (χ0) is 20.4. The third-order valence-corrected chi connectivity index (χ3v) is 3.75. The number of rotatable bonds is 4. The molecule has 0 unspecified atom stereocenters. The summed E-state index contributed by atoms with van der Waals surface area (Å²) in [6.45, 7) is 1.08. The zero-order valence-corrected chi connectivity index (χ0v) is 14.2. The molecule has 9 heteroatoms. The number of carbonyl (C=O) groups is 1. The minimum Gasteiger partial charge on any atom is -0.432 e. The smallest absolute Gasteiger partial charge is 0.261 e. The van der Waals surface area contributed by atoms with Gasteiger partial charge in [0.1, 0.15) is 23.0 Å². The lowest BCUT2D eigenvalue weighted by Crippen LogP contribution is -2.15. The Balaban J connectivity index is 1.94. The van der Waals surface area contributed by atoms with Gasteiger partial charge in [0.15, 0.2) is 11.6 Å². The SMILES string of the molecule is Cc1c(F)cc(F)c(Oc2ncccc2C(=O)Nc2ccc(F)cc2F)c1F. The summed E-state index contributed by atoms with van der Waals surface area (Å²) in [4.78, 5) is 16.2. The van der Waals surface area contributed by atoms with Crippen LogP contribution in [0.3, 0.4) is 0 Å². The second-order valence-electron chi connectivity index (χ2n) is 5.64. The maximum atomic E-state index is 14.2. The molecule has 1 amide bonds. The lowest BCUT2D eigenvalue weighted by molar-refractivity contribution is 0.102.